The highest BCUT2D eigenvalue weighted by molar-refractivity contribution is 5.92. The van der Waals surface area contributed by atoms with Crippen LogP contribution in [0.25, 0.3) is 0 Å². The quantitative estimate of drug-likeness (QED) is 0.707. The Morgan fingerprint density at radius 2 is 1.81 bits per heavy atom. The molecular weight excluding hydrogens is 342 g/mol. The molecule has 1 saturated heterocycles. The van der Waals surface area contributed by atoms with Crippen LogP contribution in [0.2, 0.25) is 0 Å². The van der Waals surface area contributed by atoms with Crippen LogP contribution in [0.5, 0.6) is 0 Å². The minimum Gasteiger partial charge on any atom is -0.466 e. The maximum Gasteiger partial charge on any atom is 0.309 e. The molecule has 6 nitrogen and oxygen atoms in total. The molecule has 0 bridgehead atoms. The number of rotatable bonds is 8. The number of nitrogens with one attached hydrogen (secondary N) is 1. The van der Waals surface area contributed by atoms with Gasteiger partial charge in [0.2, 0.25) is 5.91 Å². The van der Waals surface area contributed by atoms with Crippen molar-refractivity contribution in [2.24, 2.45) is 5.92 Å². The summed E-state index contributed by atoms with van der Waals surface area (Å²) in [6.45, 7) is 11.5. The Labute approximate surface area is 162 Å². The molecule has 1 N–H and O–H groups in total. The van der Waals surface area contributed by atoms with Crippen LogP contribution in [0.15, 0.2) is 24.3 Å². The van der Waals surface area contributed by atoms with Gasteiger partial charge in [-0.25, -0.2) is 0 Å². The zero-order valence-corrected chi connectivity index (χ0v) is 17.0. The Hall–Kier alpha value is -2.08. The second-order valence-electron chi connectivity index (χ2n) is 7.28. The number of esters is 1. The van der Waals surface area contributed by atoms with Crippen molar-refractivity contribution in [3.63, 3.8) is 0 Å². The molecule has 0 atom stereocenters. The van der Waals surface area contributed by atoms with E-state index in [2.05, 4.69) is 35.9 Å². The van der Waals surface area contributed by atoms with E-state index in [0.717, 1.165) is 43.9 Å². The molecule has 150 valence electrons. The van der Waals surface area contributed by atoms with Gasteiger partial charge in [-0.2, -0.15) is 0 Å². The van der Waals surface area contributed by atoms with E-state index in [4.69, 9.17) is 4.74 Å². The minimum absolute atomic E-state index is 0.0199. The van der Waals surface area contributed by atoms with E-state index >= 15 is 0 Å². The number of carbonyl (C=O) groups excluding carboxylic acids is 2. The summed E-state index contributed by atoms with van der Waals surface area (Å²) < 4.78 is 5.09. The number of anilines is 2. The molecule has 0 radical (unpaired) electrons. The number of ether oxygens (including phenoxy) is 1. The molecule has 1 fully saturated rings. The van der Waals surface area contributed by atoms with Crippen molar-refractivity contribution in [3.05, 3.63) is 24.3 Å². The van der Waals surface area contributed by atoms with E-state index in [1.54, 1.807) is 0 Å². The van der Waals surface area contributed by atoms with Gasteiger partial charge in [0.15, 0.2) is 0 Å². The third-order valence-corrected chi connectivity index (χ3v) is 5.02. The fraction of sp³-hybridized carbons (Fsp3) is 0.619. The van der Waals surface area contributed by atoms with Crippen molar-refractivity contribution in [1.29, 1.82) is 0 Å². The Balaban J connectivity index is 1.80. The maximum atomic E-state index is 12.3. The van der Waals surface area contributed by atoms with Gasteiger partial charge in [-0.15, -0.1) is 0 Å². The van der Waals surface area contributed by atoms with Crippen LogP contribution in [0, 0.1) is 5.92 Å². The SMILES string of the molecule is CCOC(=O)C1CCN(CC(=O)Nc2ccc(N(CC)C(C)C)cc2)CC1. The van der Waals surface area contributed by atoms with Crippen molar-refractivity contribution < 1.29 is 14.3 Å². The zero-order valence-electron chi connectivity index (χ0n) is 17.0. The number of likely N-dealkylation sites (tertiary alicyclic amines) is 1. The van der Waals surface area contributed by atoms with Gasteiger partial charge in [0.1, 0.15) is 0 Å². The standard InChI is InChI=1S/C21H33N3O3/c1-5-24(16(3)4)19-9-7-18(8-10-19)22-20(25)15-23-13-11-17(12-14-23)21(26)27-6-2/h7-10,16-17H,5-6,11-15H2,1-4H3,(H,22,25). The normalized spacial score (nSPS) is 15.6. The molecule has 1 heterocycles. The van der Waals surface area contributed by atoms with Gasteiger partial charge in [0, 0.05) is 24.0 Å². The predicted octanol–water partition coefficient (Wildman–Crippen LogP) is 3.13. The fourth-order valence-electron chi connectivity index (χ4n) is 3.57. The van der Waals surface area contributed by atoms with E-state index in [-0.39, 0.29) is 17.8 Å². The number of benzene rings is 1. The van der Waals surface area contributed by atoms with Crippen LogP contribution < -0.4 is 10.2 Å². The van der Waals surface area contributed by atoms with E-state index in [9.17, 15) is 9.59 Å². The van der Waals surface area contributed by atoms with Crippen molar-refractivity contribution in [3.8, 4) is 0 Å². The highest BCUT2D eigenvalue weighted by atomic mass is 16.5. The Kier molecular flexibility index (Phi) is 8.10. The van der Waals surface area contributed by atoms with Crippen LogP contribution in [0.4, 0.5) is 11.4 Å². The summed E-state index contributed by atoms with van der Waals surface area (Å²) in [7, 11) is 0. The largest absolute Gasteiger partial charge is 0.466 e. The number of hydrogen-bond donors (Lipinski definition) is 1. The van der Waals surface area contributed by atoms with Crippen LogP contribution in [-0.2, 0) is 14.3 Å². The molecule has 0 aromatic heterocycles. The lowest BCUT2D eigenvalue weighted by atomic mass is 9.97. The lowest BCUT2D eigenvalue weighted by molar-refractivity contribution is -0.149. The van der Waals surface area contributed by atoms with Crippen molar-refractivity contribution >= 4 is 23.3 Å². The summed E-state index contributed by atoms with van der Waals surface area (Å²) in [5.41, 5.74) is 1.97. The second-order valence-corrected chi connectivity index (χ2v) is 7.28. The molecule has 1 aromatic rings. The Morgan fingerprint density at radius 3 is 2.33 bits per heavy atom. The molecule has 2 rings (SSSR count). The molecule has 0 spiro atoms. The van der Waals surface area contributed by atoms with Crippen molar-refractivity contribution in [2.45, 2.75) is 46.6 Å². The second kappa shape index (κ2) is 10.3. The number of amides is 1. The molecule has 1 aliphatic heterocycles. The average Bonchev–Trinajstić information content (AvgIpc) is 2.64. The first-order valence-electron chi connectivity index (χ1n) is 10.00. The summed E-state index contributed by atoms with van der Waals surface area (Å²) in [4.78, 5) is 28.5. The number of hydrogen-bond acceptors (Lipinski definition) is 5. The Bertz CT molecular complexity index is 608. The highest BCUT2D eigenvalue weighted by Gasteiger charge is 2.26. The van der Waals surface area contributed by atoms with Crippen molar-refractivity contribution in [1.82, 2.24) is 4.90 Å². The van der Waals surface area contributed by atoms with Gasteiger partial charge >= 0.3 is 5.97 Å². The molecule has 0 aliphatic carbocycles. The summed E-state index contributed by atoms with van der Waals surface area (Å²) in [5.74, 6) is -0.156. The van der Waals surface area contributed by atoms with Crippen LogP contribution in [0.1, 0.15) is 40.5 Å². The number of nitrogens with zero attached hydrogens (tertiary/aromatic N) is 2. The lowest BCUT2D eigenvalue weighted by Gasteiger charge is -2.30. The van der Waals surface area contributed by atoms with Gasteiger partial charge in [0.05, 0.1) is 19.1 Å². The topological polar surface area (TPSA) is 61.9 Å². The number of carbonyl (C=O) groups is 2. The molecular formula is C21H33N3O3. The van der Waals surface area contributed by atoms with E-state index < -0.39 is 0 Å². The smallest absolute Gasteiger partial charge is 0.309 e. The third-order valence-electron chi connectivity index (χ3n) is 5.02. The summed E-state index contributed by atoms with van der Waals surface area (Å²) in [6, 6.07) is 8.43. The van der Waals surface area contributed by atoms with Gasteiger partial charge < -0.3 is 15.0 Å². The maximum absolute atomic E-state index is 12.3. The average molecular weight is 376 g/mol. The van der Waals surface area contributed by atoms with Gasteiger partial charge in [-0.1, -0.05) is 0 Å². The third kappa shape index (κ3) is 6.24. The highest BCUT2D eigenvalue weighted by Crippen LogP contribution is 2.21. The fourth-order valence-corrected chi connectivity index (χ4v) is 3.57. The molecule has 27 heavy (non-hydrogen) atoms. The first-order chi connectivity index (χ1) is 12.9. The van der Waals surface area contributed by atoms with Crippen molar-refractivity contribution in [2.75, 3.05) is 43.0 Å². The monoisotopic (exact) mass is 375 g/mol. The zero-order chi connectivity index (χ0) is 19.8. The summed E-state index contributed by atoms with van der Waals surface area (Å²) >= 11 is 0. The number of piperidine rings is 1. The van der Waals surface area contributed by atoms with Gasteiger partial charge in [-0.05, 0) is 77.9 Å². The van der Waals surface area contributed by atoms with Crippen LogP contribution >= 0.6 is 0 Å². The predicted molar refractivity (Wildman–Crippen MR) is 109 cm³/mol. The first-order valence-corrected chi connectivity index (χ1v) is 10.00. The molecule has 1 amide bonds. The van der Waals surface area contributed by atoms with Gasteiger partial charge in [-0.3, -0.25) is 14.5 Å². The van der Waals surface area contributed by atoms with E-state index in [0.29, 0.717) is 19.2 Å². The molecule has 1 aromatic carbocycles. The summed E-state index contributed by atoms with van der Waals surface area (Å²) in [6.07, 6.45) is 1.51. The first kappa shape index (κ1) is 21.2. The van der Waals surface area contributed by atoms with Crippen LogP contribution in [0.3, 0.4) is 0 Å². The molecule has 0 unspecified atom stereocenters. The van der Waals surface area contributed by atoms with Crippen LogP contribution in [-0.4, -0.2) is 55.6 Å². The van der Waals surface area contributed by atoms with E-state index in [1.807, 2.05) is 31.2 Å². The Morgan fingerprint density at radius 1 is 1.19 bits per heavy atom. The molecule has 6 heteroatoms. The summed E-state index contributed by atoms with van der Waals surface area (Å²) in [5, 5.41) is 2.97. The molecule has 1 aliphatic rings. The van der Waals surface area contributed by atoms with Gasteiger partial charge in [0.25, 0.3) is 0 Å². The van der Waals surface area contributed by atoms with E-state index in [1.165, 1.54) is 0 Å². The molecule has 0 saturated carbocycles. The minimum atomic E-state index is -0.107. The lowest BCUT2D eigenvalue weighted by Crippen LogP contribution is -2.41.